The third-order valence-corrected chi connectivity index (χ3v) is 4.92. The minimum atomic E-state index is -0.312. The Morgan fingerprint density at radius 3 is 2.48 bits per heavy atom. The van der Waals surface area contributed by atoms with Crippen molar-refractivity contribution in [2.45, 2.75) is 6.42 Å². The first kappa shape index (κ1) is 19.2. The van der Waals surface area contributed by atoms with Crippen LogP contribution in [0.15, 0.2) is 58.4 Å². The van der Waals surface area contributed by atoms with Crippen molar-refractivity contribution in [3.05, 3.63) is 69.8 Å². The van der Waals surface area contributed by atoms with Crippen LogP contribution in [0.2, 0.25) is 0 Å². The van der Waals surface area contributed by atoms with Crippen LogP contribution in [-0.2, 0) is 4.79 Å². The van der Waals surface area contributed by atoms with Crippen LogP contribution in [0, 0.1) is 5.82 Å². The van der Waals surface area contributed by atoms with Gasteiger partial charge in [0.05, 0.1) is 5.69 Å². The van der Waals surface area contributed by atoms with E-state index in [4.69, 9.17) is 0 Å². The molecule has 0 unspecified atom stereocenters. The van der Waals surface area contributed by atoms with Gasteiger partial charge in [-0.1, -0.05) is 15.9 Å². The molecule has 0 fully saturated rings. The lowest BCUT2D eigenvalue weighted by molar-refractivity contribution is -0.116. The second kappa shape index (κ2) is 8.88. The zero-order chi connectivity index (χ0) is 19.2. The largest absolute Gasteiger partial charge is 0.352 e. The molecule has 0 atom stereocenters. The van der Waals surface area contributed by atoms with Gasteiger partial charge >= 0.3 is 0 Å². The van der Waals surface area contributed by atoms with Crippen molar-refractivity contribution >= 4 is 44.2 Å². The molecule has 0 saturated heterocycles. The number of hydrogen-bond acceptors (Lipinski definition) is 4. The van der Waals surface area contributed by atoms with Crippen LogP contribution in [0.1, 0.15) is 16.8 Å². The van der Waals surface area contributed by atoms with Crippen LogP contribution in [0.25, 0.3) is 11.3 Å². The van der Waals surface area contributed by atoms with Gasteiger partial charge in [0.2, 0.25) is 5.91 Å². The van der Waals surface area contributed by atoms with E-state index in [9.17, 15) is 14.0 Å². The van der Waals surface area contributed by atoms with Gasteiger partial charge in [-0.15, -0.1) is 11.3 Å². The van der Waals surface area contributed by atoms with Crippen LogP contribution < -0.4 is 10.6 Å². The highest BCUT2D eigenvalue weighted by Gasteiger charge is 2.10. The molecule has 27 heavy (non-hydrogen) atoms. The molecular formula is C19H15BrFN3O2S. The number of benzene rings is 2. The van der Waals surface area contributed by atoms with Gasteiger partial charge in [0.15, 0.2) is 5.13 Å². The highest BCUT2D eigenvalue weighted by molar-refractivity contribution is 9.10. The van der Waals surface area contributed by atoms with E-state index < -0.39 is 0 Å². The highest BCUT2D eigenvalue weighted by atomic mass is 79.9. The van der Waals surface area contributed by atoms with E-state index in [0.29, 0.717) is 16.4 Å². The van der Waals surface area contributed by atoms with Crippen molar-refractivity contribution in [2.75, 3.05) is 11.9 Å². The summed E-state index contributed by atoms with van der Waals surface area (Å²) in [5, 5.41) is 7.65. The molecule has 1 heterocycles. The number of hydrogen-bond donors (Lipinski definition) is 2. The van der Waals surface area contributed by atoms with Crippen molar-refractivity contribution in [2.24, 2.45) is 0 Å². The average Bonchev–Trinajstić information content (AvgIpc) is 3.11. The Morgan fingerprint density at radius 1 is 1.07 bits per heavy atom. The van der Waals surface area contributed by atoms with Gasteiger partial charge in [0, 0.05) is 33.9 Å². The summed E-state index contributed by atoms with van der Waals surface area (Å²) in [5.74, 6) is -0.790. The van der Waals surface area contributed by atoms with Gasteiger partial charge in [-0.3, -0.25) is 9.59 Å². The Labute approximate surface area is 167 Å². The molecule has 8 heteroatoms. The summed E-state index contributed by atoms with van der Waals surface area (Å²) in [6.07, 6.45) is 0.133. The fourth-order valence-corrected chi connectivity index (χ4v) is 3.26. The quantitative estimate of drug-likeness (QED) is 0.585. The van der Waals surface area contributed by atoms with Crippen LogP contribution in [-0.4, -0.2) is 23.3 Å². The molecule has 3 aromatic rings. The minimum Gasteiger partial charge on any atom is -0.352 e. The molecule has 2 aromatic carbocycles. The molecule has 0 bridgehead atoms. The zero-order valence-corrected chi connectivity index (χ0v) is 16.4. The summed E-state index contributed by atoms with van der Waals surface area (Å²) < 4.78 is 13.9. The summed E-state index contributed by atoms with van der Waals surface area (Å²) in [4.78, 5) is 28.3. The van der Waals surface area contributed by atoms with Crippen LogP contribution in [0.3, 0.4) is 0 Å². The highest BCUT2D eigenvalue weighted by Crippen LogP contribution is 2.25. The second-order valence-corrected chi connectivity index (χ2v) is 7.38. The van der Waals surface area contributed by atoms with E-state index in [2.05, 4.69) is 31.5 Å². The van der Waals surface area contributed by atoms with E-state index in [1.165, 1.54) is 23.5 Å². The normalized spacial score (nSPS) is 10.4. The van der Waals surface area contributed by atoms with Gasteiger partial charge in [-0.25, -0.2) is 9.37 Å². The lowest BCUT2D eigenvalue weighted by Crippen LogP contribution is -2.27. The maximum absolute atomic E-state index is 13.0. The molecule has 0 radical (unpaired) electrons. The van der Waals surface area contributed by atoms with Crippen molar-refractivity contribution < 1.29 is 14.0 Å². The number of nitrogens with zero attached hydrogens (tertiary/aromatic N) is 1. The predicted molar refractivity (Wildman–Crippen MR) is 107 cm³/mol. The number of halogens is 2. The van der Waals surface area contributed by atoms with Crippen LogP contribution >= 0.6 is 27.3 Å². The number of nitrogens with one attached hydrogen (secondary N) is 2. The first-order valence-electron chi connectivity index (χ1n) is 8.06. The Balaban J connectivity index is 1.47. The van der Waals surface area contributed by atoms with E-state index in [1.54, 1.807) is 41.8 Å². The Kier molecular flexibility index (Phi) is 6.31. The van der Waals surface area contributed by atoms with E-state index in [0.717, 1.165) is 10.0 Å². The Hall–Kier alpha value is -2.58. The Bertz CT molecular complexity index is 942. The van der Waals surface area contributed by atoms with E-state index in [1.807, 2.05) is 0 Å². The lowest BCUT2D eigenvalue weighted by atomic mass is 10.2. The average molecular weight is 448 g/mol. The third-order valence-electron chi connectivity index (χ3n) is 3.63. The SMILES string of the molecule is O=C(CCNC(=O)c1ccc(Br)cc1)Nc1nc(-c2ccc(F)cc2)cs1. The van der Waals surface area contributed by atoms with Gasteiger partial charge in [0.25, 0.3) is 5.91 Å². The topological polar surface area (TPSA) is 71.1 Å². The number of carbonyl (C=O) groups is 2. The number of rotatable bonds is 6. The molecule has 3 rings (SSSR count). The second-order valence-electron chi connectivity index (χ2n) is 5.61. The van der Waals surface area contributed by atoms with Crippen LogP contribution in [0.5, 0.6) is 0 Å². The van der Waals surface area contributed by atoms with Crippen molar-refractivity contribution in [1.82, 2.24) is 10.3 Å². The molecule has 2 N–H and O–H groups in total. The smallest absolute Gasteiger partial charge is 0.251 e. The molecule has 1 aromatic heterocycles. The molecule has 0 saturated carbocycles. The summed E-state index contributed by atoms with van der Waals surface area (Å²) in [7, 11) is 0. The van der Waals surface area contributed by atoms with Crippen molar-refractivity contribution in [3.8, 4) is 11.3 Å². The third kappa shape index (κ3) is 5.45. The molecule has 0 aliphatic rings. The lowest BCUT2D eigenvalue weighted by Gasteiger charge is -2.05. The molecule has 5 nitrogen and oxygen atoms in total. The molecule has 0 aliphatic heterocycles. The van der Waals surface area contributed by atoms with Gasteiger partial charge in [-0.05, 0) is 48.5 Å². The van der Waals surface area contributed by atoms with Gasteiger partial charge < -0.3 is 10.6 Å². The zero-order valence-electron chi connectivity index (χ0n) is 14.0. The van der Waals surface area contributed by atoms with Crippen molar-refractivity contribution in [1.29, 1.82) is 0 Å². The van der Waals surface area contributed by atoms with Crippen LogP contribution in [0.4, 0.5) is 9.52 Å². The number of thiazole rings is 1. The number of aromatic nitrogens is 1. The number of amides is 2. The summed E-state index contributed by atoms with van der Waals surface area (Å²) in [6.45, 7) is 0.219. The predicted octanol–water partition coefficient (Wildman–Crippen LogP) is 4.47. The molecular weight excluding hydrogens is 433 g/mol. The molecule has 0 spiro atoms. The molecule has 138 valence electrons. The summed E-state index contributed by atoms with van der Waals surface area (Å²) in [6, 6.07) is 13.0. The molecule has 0 aliphatic carbocycles. The first-order valence-corrected chi connectivity index (χ1v) is 9.73. The van der Waals surface area contributed by atoms with Gasteiger partial charge in [0.1, 0.15) is 5.82 Å². The van der Waals surface area contributed by atoms with Gasteiger partial charge in [-0.2, -0.15) is 0 Å². The maximum Gasteiger partial charge on any atom is 0.251 e. The maximum atomic E-state index is 13.0. The monoisotopic (exact) mass is 447 g/mol. The fourth-order valence-electron chi connectivity index (χ4n) is 2.26. The molecule has 2 amide bonds. The number of anilines is 1. The fraction of sp³-hybridized carbons (Fsp3) is 0.105. The first-order chi connectivity index (χ1) is 13.0. The minimum absolute atomic E-state index is 0.133. The van der Waals surface area contributed by atoms with E-state index in [-0.39, 0.29) is 30.6 Å². The number of carbonyl (C=O) groups excluding carboxylic acids is 2. The summed E-state index contributed by atoms with van der Waals surface area (Å²) in [5.41, 5.74) is 1.97. The van der Waals surface area contributed by atoms with Crippen molar-refractivity contribution in [3.63, 3.8) is 0 Å². The summed E-state index contributed by atoms with van der Waals surface area (Å²) >= 11 is 4.60. The van der Waals surface area contributed by atoms with E-state index >= 15 is 0 Å². The Morgan fingerprint density at radius 2 is 1.78 bits per heavy atom. The standard InChI is InChI=1S/C19H15BrFN3O2S/c20-14-5-1-13(2-6-14)18(26)22-10-9-17(25)24-19-23-16(11-27-19)12-3-7-15(21)8-4-12/h1-8,11H,9-10H2,(H,22,26)(H,23,24,25).